The van der Waals surface area contributed by atoms with Crippen LogP contribution < -0.4 is 15.5 Å². The van der Waals surface area contributed by atoms with Gasteiger partial charge in [0.05, 0.1) is 0 Å². The topological polar surface area (TPSA) is 61.4 Å². The van der Waals surface area contributed by atoms with Crippen LogP contribution in [0.3, 0.4) is 0 Å². The maximum absolute atomic E-state index is 11.5. The van der Waals surface area contributed by atoms with Crippen LogP contribution in [0.1, 0.15) is 25.3 Å². The summed E-state index contributed by atoms with van der Waals surface area (Å²) in [5.41, 5.74) is 2.39. The number of aryl methyl sites for hydroxylation is 1. The minimum absolute atomic E-state index is 0.508. The van der Waals surface area contributed by atoms with Gasteiger partial charge in [0.1, 0.15) is 0 Å². The second kappa shape index (κ2) is 9.00. The summed E-state index contributed by atoms with van der Waals surface area (Å²) in [5, 5.41) is 5.18. The Balaban J connectivity index is 2.24. The normalized spacial score (nSPS) is 10.0. The quantitative estimate of drug-likeness (QED) is 0.588. The Labute approximate surface area is 126 Å². The van der Waals surface area contributed by atoms with E-state index in [1.165, 1.54) is 11.3 Å². The molecule has 5 nitrogen and oxygen atoms in total. The fraction of sp³-hybridized carbons (Fsp3) is 0.500. The Hall–Kier alpha value is -2.04. The zero-order valence-electron chi connectivity index (χ0n) is 13.1. The highest BCUT2D eigenvalue weighted by atomic mass is 16.2. The number of nitrogens with zero attached hydrogens (tertiary/aromatic N) is 1. The molecule has 0 aliphatic rings. The number of carbonyl (C=O) groups is 2. The summed E-state index contributed by atoms with van der Waals surface area (Å²) in [4.78, 5) is 24.8. The molecule has 21 heavy (non-hydrogen) atoms. The Morgan fingerprint density at radius 1 is 1.00 bits per heavy atom. The highest BCUT2D eigenvalue weighted by Crippen LogP contribution is 2.13. The van der Waals surface area contributed by atoms with Gasteiger partial charge in [-0.15, -0.1) is 0 Å². The van der Waals surface area contributed by atoms with E-state index < -0.39 is 11.8 Å². The molecule has 0 heterocycles. The molecule has 1 aromatic rings. The molecule has 0 saturated heterocycles. The first-order valence-electron chi connectivity index (χ1n) is 7.37. The van der Waals surface area contributed by atoms with Crippen molar-refractivity contribution in [2.75, 3.05) is 32.1 Å². The van der Waals surface area contributed by atoms with Gasteiger partial charge in [0.15, 0.2) is 0 Å². The summed E-state index contributed by atoms with van der Waals surface area (Å²) >= 11 is 0. The molecule has 2 amide bonds. The first-order chi connectivity index (χ1) is 10.0. The van der Waals surface area contributed by atoms with Crippen molar-refractivity contribution in [1.29, 1.82) is 0 Å². The number of rotatable bonds is 7. The molecule has 0 spiro atoms. The largest absolute Gasteiger partial charge is 0.378 e. The van der Waals surface area contributed by atoms with Gasteiger partial charge < -0.3 is 15.5 Å². The molecule has 0 saturated carbocycles. The van der Waals surface area contributed by atoms with Crippen molar-refractivity contribution in [1.82, 2.24) is 10.6 Å². The Morgan fingerprint density at radius 3 is 2.10 bits per heavy atom. The van der Waals surface area contributed by atoms with E-state index >= 15 is 0 Å². The number of hydrogen-bond donors (Lipinski definition) is 2. The van der Waals surface area contributed by atoms with Crippen LogP contribution in [0.15, 0.2) is 24.3 Å². The van der Waals surface area contributed by atoms with Crippen LogP contribution in [-0.4, -0.2) is 39.0 Å². The van der Waals surface area contributed by atoms with E-state index in [-0.39, 0.29) is 0 Å². The lowest BCUT2D eigenvalue weighted by Crippen LogP contribution is -2.40. The molecule has 1 aromatic carbocycles. The minimum atomic E-state index is -0.550. The van der Waals surface area contributed by atoms with Crippen LogP contribution in [0.25, 0.3) is 0 Å². The lowest BCUT2D eigenvalue weighted by molar-refractivity contribution is -0.139. The SMILES string of the molecule is CCCNC(=O)C(=O)NCCCc1ccc(N(C)C)cc1. The van der Waals surface area contributed by atoms with Gasteiger partial charge in [0.2, 0.25) is 0 Å². The second-order valence-electron chi connectivity index (χ2n) is 5.18. The van der Waals surface area contributed by atoms with Crippen molar-refractivity contribution >= 4 is 17.5 Å². The van der Waals surface area contributed by atoms with Crippen molar-refractivity contribution in [2.24, 2.45) is 0 Å². The van der Waals surface area contributed by atoms with E-state index in [4.69, 9.17) is 0 Å². The van der Waals surface area contributed by atoms with Crippen LogP contribution in [0.5, 0.6) is 0 Å². The van der Waals surface area contributed by atoms with E-state index in [1.807, 2.05) is 21.0 Å². The molecular weight excluding hydrogens is 266 g/mol. The summed E-state index contributed by atoms with van der Waals surface area (Å²) in [6, 6.07) is 8.33. The van der Waals surface area contributed by atoms with Gasteiger partial charge in [-0.3, -0.25) is 9.59 Å². The summed E-state index contributed by atoms with van der Waals surface area (Å²) in [7, 11) is 4.02. The molecular formula is C16H25N3O2. The molecule has 0 unspecified atom stereocenters. The van der Waals surface area contributed by atoms with Crippen LogP contribution in [0.2, 0.25) is 0 Å². The lowest BCUT2D eigenvalue weighted by Gasteiger charge is -2.12. The smallest absolute Gasteiger partial charge is 0.309 e. The maximum Gasteiger partial charge on any atom is 0.309 e. The van der Waals surface area contributed by atoms with Gasteiger partial charge in [0.25, 0.3) is 0 Å². The number of amides is 2. The molecule has 0 bridgehead atoms. The molecule has 116 valence electrons. The average molecular weight is 291 g/mol. The van der Waals surface area contributed by atoms with Crippen molar-refractivity contribution in [3.8, 4) is 0 Å². The molecule has 0 aliphatic heterocycles. The first-order valence-corrected chi connectivity index (χ1v) is 7.37. The molecule has 0 aromatic heterocycles. The van der Waals surface area contributed by atoms with E-state index in [1.54, 1.807) is 0 Å². The first kappa shape index (κ1) is 17.0. The van der Waals surface area contributed by atoms with Crippen LogP contribution in [-0.2, 0) is 16.0 Å². The number of carbonyl (C=O) groups excluding carboxylic acids is 2. The van der Waals surface area contributed by atoms with Crippen molar-refractivity contribution in [3.05, 3.63) is 29.8 Å². The maximum atomic E-state index is 11.5. The predicted octanol–water partition coefficient (Wildman–Crippen LogP) is 1.33. The molecule has 2 N–H and O–H groups in total. The van der Waals surface area contributed by atoms with Gasteiger partial charge in [0, 0.05) is 32.9 Å². The third kappa shape index (κ3) is 6.29. The Morgan fingerprint density at radius 2 is 1.57 bits per heavy atom. The van der Waals surface area contributed by atoms with E-state index in [0.29, 0.717) is 13.1 Å². The fourth-order valence-corrected chi connectivity index (χ4v) is 1.85. The van der Waals surface area contributed by atoms with Crippen LogP contribution in [0.4, 0.5) is 5.69 Å². The third-order valence-corrected chi connectivity index (χ3v) is 3.12. The monoisotopic (exact) mass is 291 g/mol. The summed E-state index contributed by atoms with van der Waals surface area (Å²) in [6.45, 7) is 2.98. The molecule has 0 atom stereocenters. The highest BCUT2D eigenvalue weighted by Gasteiger charge is 2.10. The van der Waals surface area contributed by atoms with Crippen molar-refractivity contribution in [3.63, 3.8) is 0 Å². The van der Waals surface area contributed by atoms with E-state index in [2.05, 4.69) is 39.8 Å². The van der Waals surface area contributed by atoms with Crippen LogP contribution >= 0.6 is 0 Å². The fourth-order valence-electron chi connectivity index (χ4n) is 1.85. The van der Waals surface area contributed by atoms with Gasteiger partial charge >= 0.3 is 11.8 Å². The Bertz CT molecular complexity index is 455. The third-order valence-electron chi connectivity index (χ3n) is 3.12. The van der Waals surface area contributed by atoms with Crippen LogP contribution in [0, 0.1) is 0 Å². The summed E-state index contributed by atoms with van der Waals surface area (Å²) in [6.07, 6.45) is 2.51. The number of hydrogen-bond acceptors (Lipinski definition) is 3. The predicted molar refractivity (Wildman–Crippen MR) is 85.4 cm³/mol. The zero-order chi connectivity index (χ0) is 15.7. The van der Waals surface area contributed by atoms with E-state index in [9.17, 15) is 9.59 Å². The number of benzene rings is 1. The summed E-state index contributed by atoms with van der Waals surface area (Å²) < 4.78 is 0. The highest BCUT2D eigenvalue weighted by molar-refractivity contribution is 6.35. The van der Waals surface area contributed by atoms with E-state index in [0.717, 1.165) is 19.3 Å². The van der Waals surface area contributed by atoms with Crippen molar-refractivity contribution < 1.29 is 9.59 Å². The van der Waals surface area contributed by atoms with Gasteiger partial charge in [-0.1, -0.05) is 19.1 Å². The van der Waals surface area contributed by atoms with Crippen molar-refractivity contribution in [2.45, 2.75) is 26.2 Å². The molecule has 0 fully saturated rings. The zero-order valence-corrected chi connectivity index (χ0v) is 13.1. The number of anilines is 1. The standard InChI is InChI=1S/C16H25N3O2/c1-4-11-17-15(20)16(21)18-12-5-6-13-7-9-14(10-8-13)19(2)3/h7-10H,4-6,11-12H2,1-3H3,(H,17,20)(H,18,21). The van der Waals surface area contributed by atoms with Gasteiger partial charge in [-0.25, -0.2) is 0 Å². The molecule has 5 heteroatoms. The molecule has 0 radical (unpaired) electrons. The molecule has 1 rings (SSSR count). The lowest BCUT2D eigenvalue weighted by atomic mass is 10.1. The summed E-state index contributed by atoms with van der Waals surface area (Å²) in [5.74, 6) is -1.10. The van der Waals surface area contributed by atoms with Gasteiger partial charge in [-0.05, 0) is 37.0 Å². The number of nitrogens with one attached hydrogen (secondary N) is 2. The van der Waals surface area contributed by atoms with Gasteiger partial charge in [-0.2, -0.15) is 0 Å². The minimum Gasteiger partial charge on any atom is -0.378 e. The average Bonchev–Trinajstić information content (AvgIpc) is 2.49. The Kier molecular flexibility index (Phi) is 7.29. The molecule has 0 aliphatic carbocycles. The second-order valence-corrected chi connectivity index (χ2v) is 5.18.